The Kier molecular flexibility index (Phi) is 4.76. The summed E-state index contributed by atoms with van der Waals surface area (Å²) in [5, 5.41) is 0.640. The number of fused-ring (bicyclic) bond motifs is 1. The zero-order valence-electron chi connectivity index (χ0n) is 14.9. The molecule has 2 aromatic rings. The second kappa shape index (κ2) is 6.75. The first-order chi connectivity index (χ1) is 13.1. The maximum absolute atomic E-state index is 13.6. The van der Waals surface area contributed by atoms with E-state index >= 15 is 0 Å². The molecule has 2 aliphatic rings. The van der Waals surface area contributed by atoms with E-state index < -0.39 is 41.8 Å². The summed E-state index contributed by atoms with van der Waals surface area (Å²) in [6.07, 6.45) is 1.82. The van der Waals surface area contributed by atoms with Gasteiger partial charge in [0.2, 0.25) is 10.0 Å². The second-order valence-corrected chi connectivity index (χ2v) is 13.5. The Morgan fingerprint density at radius 2 is 1.46 bits per heavy atom. The summed E-state index contributed by atoms with van der Waals surface area (Å²) in [7, 11) is -10.9. The van der Waals surface area contributed by atoms with Crippen molar-refractivity contribution in [2.75, 3.05) is 23.0 Å². The number of sulfone groups is 2. The van der Waals surface area contributed by atoms with Gasteiger partial charge in [0.05, 0.1) is 28.5 Å². The van der Waals surface area contributed by atoms with Crippen LogP contribution in [0.1, 0.15) is 12.8 Å². The van der Waals surface area contributed by atoms with Gasteiger partial charge in [0.25, 0.3) is 0 Å². The highest BCUT2D eigenvalue weighted by molar-refractivity contribution is 7.92. The molecule has 0 amide bonds. The molecular weight excluding hydrogens is 424 g/mol. The molecule has 0 bridgehead atoms. The monoisotopic (exact) mass is 444 g/mol. The van der Waals surface area contributed by atoms with Gasteiger partial charge in [0.1, 0.15) is 4.90 Å². The molecular formula is C17H20N2O6S3. The fourth-order valence-electron chi connectivity index (χ4n) is 4.04. The van der Waals surface area contributed by atoms with Gasteiger partial charge in [0.15, 0.2) is 19.7 Å². The summed E-state index contributed by atoms with van der Waals surface area (Å²) < 4.78 is 76.5. The molecule has 28 heavy (non-hydrogen) atoms. The average molecular weight is 445 g/mol. The van der Waals surface area contributed by atoms with E-state index in [0.29, 0.717) is 5.39 Å². The minimum Gasteiger partial charge on any atom is -0.255 e. The third-order valence-electron chi connectivity index (χ3n) is 5.29. The normalized spacial score (nSPS) is 26.8. The molecule has 2 aliphatic heterocycles. The first-order valence-electron chi connectivity index (χ1n) is 8.87. The van der Waals surface area contributed by atoms with Gasteiger partial charge in [-0.25, -0.2) is 25.3 Å². The highest BCUT2D eigenvalue weighted by Gasteiger charge is 2.46. The summed E-state index contributed by atoms with van der Waals surface area (Å²) in [4.78, 5) is 4.17. The SMILES string of the molecule is O=S1(=O)CC[C@@H](N([C@H]2CCS(=O)(=O)C2)S(=O)(=O)c2cccc3cccnc23)C1. The van der Waals surface area contributed by atoms with Crippen molar-refractivity contribution in [3.63, 3.8) is 0 Å². The largest absolute Gasteiger partial charge is 0.255 e. The number of hydrogen-bond acceptors (Lipinski definition) is 7. The van der Waals surface area contributed by atoms with E-state index in [4.69, 9.17) is 0 Å². The van der Waals surface area contributed by atoms with Crippen LogP contribution in [0.15, 0.2) is 41.4 Å². The molecule has 2 saturated heterocycles. The maximum atomic E-state index is 13.6. The van der Waals surface area contributed by atoms with Crippen LogP contribution in [0.25, 0.3) is 10.9 Å². The average Bonchev–Trinajstić information content (AvgIpc) is 3.15. The zero-order valence-corrected chi connectivity index (χ0v) is 17.4. The number of rotatable bonds is 4. The molecule has 2 atom stereocenters. The quantitative estimate of drug-likeness (QED) is 0.677. The second-order valence-electron chi connectivity index (χ2n) is 7.28. The van der Waals surface area contributed by atoms with Crippen LogP contribution in [0.5, 0.6) is 0 Å². The summed E-state index contributed by atoms with van der Waals surface area (Å²) in [6, 6.07) is 6.68. The van der Waals surface area contributed by atoms with Crippen molar-refractivity contribution in [1.82, 2.24) is 9.29 Å². The fraction of sp³-hybridized carbons (Fsp3) is 0.471. The van der Waals surface area contributed by atoms with Crippen molar-refractivity contribution < 1.29 is 25.3 Å². The lowest BCUT2D eigenvalue weighted by atomic mass is 10.2. The molecule has 0 N–H and O–H groups in total. The number of aromatic nitrogens is 1. The number of nitrogens with zero attached hydrogens (tertiary/aromatic N) is 2. The Morgan fingerprint density at radius 3 is 2.00 bits per heavy atom. The van der Waals surface area contributed by atoms with Crippen molar-refractivity contribution in [2.24, 2.45) is 0 Å². The first kappa shape index (κ1) is 19.7. The maximum Gasteiger partial charge on any atom is 0.245 e. The minimum absolute atomic E-state index is 0.0285. The molecule has 4 rings (SSSR count). The van der Waals surface area contributed by atoms with E-state index in [-0.39, 0.29) is 46.3 Å². The predicted octanol–water partition coefficient (Wildman–Crippen LogP) is 0.600. The van der Waals surface area contributed by atoms with Gasteiger partial charge in [-0.05, 0) is 25.0 Å². The first-order valence-corrected chi connectivity index (χ1v) is 14.0. The Labute approximate surface area is 164 Å². The van der Waals surface area contributed by atoms with Crippen LogP contribution in [-0.4, -0.2) is 69.6 Å². The fourth-order valence-corrected chi connectivity index (χ4v) is 9.69. The highest BCUT2D eigenvalue weighted by Crippen LogP contribution is 2.33. The molecule has 11 heteroatoms. The van der Waals surface area contributed by atoms with Crippen LogP contribution in [0, 0.1) is 0 Å². The van der Waals surface area contributed by atoms with E-state index in [1.54, 1.807) is 24.3 Å². The van der Waals surface area contributed by atoms with Crippen LogP contribution in [0.2, 0.25) is 0 Å². The Hall–Kier alpha value is -1.56. The van der Waals surface area contributed by atoms with E-state index in [2.05, 4.69) is 4.98 Å². The van der Waals surface area contributed by atoms with Gasteiger partial charge in [-0.1, -0.05) is 18.2 Å². The van der Waals surface area contributed by atoms with Crippen LogP contribution >= 0.6 is 0 Å². The number of benzene rings is 1. The molecule has 2 fully saturated rings. The van der Waals surface area contributed by atoms with E-state index in [9.17, 15) is 25.3 Å². The Balaban J connectivity index is 1.85. The molecule has 1 aromatic heterocycles. The van der Waals surface area contributed by atoms with Crippen LogP contribution in [0.3, 0.4) is 0 Å². The summed E-state index contributed by atoms with van der Waals surface area (Å²) in [6.45, 7) is 0. The van der Waals surface area contributed by atoms with E-state index in [0.717, 1.165) is 4.31 Å². The molecule has 152 valence electrons. The predicted molar refractivity (Wildman–Crippen MR) is 105 cm³/mol. The van der Waals surface area contributed by atoms with Gasteiger partial charge < -0.3 is 0 Å². The van der Waals surface area contributed by atoms with Gasteiger partial charge in [-0.3, -0.25) is 4.98 Å². The molecule has 3 heterocycles. The topological polar surface area (TPSA) is 119 Å². The molecule has 1 aromatic carbocycles. The van der Waals surface area contributed by atoms with E-state index in [1.807, 2.05) is 0 Å². The highest BCUT2D eigenvalue weighted by atomic mass is 32.2. The standard InChI is InChI=1S/C17H20N2O6S3/c20-26(21)9-6-14(11-26)19(15-7-10-27(22,23)12-15)28(24,25)16-5-1-3-13-4-2-8-18-17(13)16/h1-5,8,14-15H,6-7,9-12H2/t14-,15+. The van der Waals surface area contributed by atoms with Gasteiger partial charge in [-0.15, -0.1) is 0 Å². The lowest BCUT2D eigenvalue weighted by Crippen LogP contribution is -2.48. The molecule has 0 radical (unpaired) electrons. The molecule has 8 nitrogen and oxygen atoms in total. The van der Waals surface area contributed by atoms with Gasteiger partial charge >= 0.3 is 0 Å². The molecule has 0 aliphatic carbocycles. The third kappa shape index (κ3) is 3.56. The smallest absolute Gasteiger partial charge is 0.245 e. The summed E-state index contributed by atoms with van der Waals surface area (Å²) >= 11 is 0. The molecule has 0 spiro atoms. The number of para-hydroxylation sites is 1. The van der Waals surface area contributed by atoms with Crippen LogP contribution in [0.4, 0.5) is 0 Å². The summed E-state index contributed by atoms with van der Waals surface area (Å²) in [5.74, 6) is -0.782. The number of hydrogen-bond donors (Lipinski definition) is 0. The lowest BCUT2D eigenvalue weighted by molar-refractivity contribution is 0.280. The van der Waals surface area contributed by atoms with Crippen molar-refractivity contribution in [2.45, 2.75) is 29.8 Å². The van der Waals surface area contributed by atoms with Gasteiger partial charge in [-0.2, -0.15) is 4.31 Å². The lowest BCUT2D eigenvalue weighted by Gasteiger charge is -2.32. The van der Waals surface area contributed by atoms with Crippen molar-refractivity contribution in [3.05, 3.63) is 36.5 Å². The van der Waals surface area contributed by atoms with Crippen molar-refractivity contribution in [1.29, 1.82) is 0 Å². The van der Waals surface area contributed by atoms with Gasteiger partial charge in [0, 0.05) is 23.7 Å². The third-order valence-corrected chi connectivity index (χ3v) is 10.8. The number of sulfonamides is 1. The zero-order chi connectivity index (χ0) is 20.2. The van der Waals surface area contributed by atoms with Crippen LogP contribution < -0.4 is 0 Å². The van der Waals surface area contributed by atoms with Crippen molar-refractivity contribution in [3.8, 4) is 0 Å². The van der Waals surface area contributed by atoms with Crippen molar-refractivity contribution >= 4 is 40.6 Å². The summed E-state index contributed by atoms with van der Waals surface area (Å²) in [5.41, 5.74) is 0.289. The molecule has 0 unspecified atom stereocenters. The van der Waals surface area contributed by atoms with Crippen LogP contribution in [-0.2, 0) is 29.7 Å². The number of pyridine rings is 1. The Bertz CT molecular complexity index is 1190. The Morgan fingerprint density at radius 1 is 0.893 bits per heavy atom. The molecule has 0 saturated carbocycles. The van der Waals surface area contributed by atoms with E-state index in [1.165, 1.54) is 12.3 Å². The minimum atomic E-state index is -4.15.